The average Bonchev–Trinajstić information content (AvgIpc) is 2.32. The van der Waals surface area contributed by atoms with E-state index >= 15 is 0 Å². The second-order valence-corrected chi connectivity index (χ2v) is 4.09. The largest absolute Gasteiger partial charge is 0.320 e. The molecule has 0 spiro atoms. The number of nitrogens with one attached hydrogen (secondary N) is 1. The third kappa shape index (κ3) is 3.82. The molecule has 1 aromatic rings. The molecule has 0 saturated heterocycles. The Labute approximate surface area is 102 Å². The van der Waals surface area contributed by atoms with E-state index in [9.17, 15) is 9.18 Å². The first-order valence-electron chi connectivity index (χ1n) is 5.73. The van der Waals surface area contributed by atoms with Crippen LogP contribution in [0.1, 0.15) is 18.4 Å². The maximum atomic E-state index is 13.1. The molecule has 1 rings (SSSR count). The summed E-state index contributed by atoms with van der Waals surface area (Å²) in [6.07, 6.45) is 1.30. The van der Waals surface area contributed by atoms with Crippen LogP contribution in [0.5, 0.6) is 0 Å². The van der Waals surface area contributed by atoms with Crippen molar-refractivity contribution in [1.82, 2.24) is 5.32 Å². The van der Waals surface area contributed by atoms with Crippen molar-refractivity contribution >= 4 is 11.6 Å². The van der Waals surface area contributed by atoms with Crippen LogP contribution in [0.25, 0.3) is 0 Å². The number of carbonyl (C=O) groups is 1. The van der Waals surface area contributed by atoms with Crippen LogP contribution in [0.4, 0.5) is 10.1 Å². The number of amides is 1. The number of anilines is 1. The number of hydrogen-bond acceptors (Lipinski definition) is 2. The predicted molar refractivity (Wildman–Crippen MR) is 67.7 cm³/mol. The van der Waals surface area contributed by atoms with Gasteiger partial charge in [0.2, 0.25) is 5.91 Å². The van der Waals surface area contributed by atoms with E-state index in [1.54, 1.807) is 31.0 Å². The molecule has 0 bridgehead atoms. The summed E-state index contributed by atoms with van der Waals surface area (Å²) in [5, 5.41) is 3.00. The summed E-state index contributed by atoms with van der Waals surface area (Å²) < 4.78 is 13.1. The molecule has 17 heavy (non-hydrogen) atoms. The molecule has 0 aromatic heterocycles. The molecule has 3 nitrogen and oxygen atoms in total. The molecule has 0 heterocycles. The smallest absolute Gasteiger partial charge is 0.226 e. The molecule has 4 heteroatoms. The summed E-state index contributed by atoms with van der Waals surface area (Å²) in [5.41, 5.74) is 1.29. The first-order chi connectivity index (χ1) is 8.06. The molecule has 0 aliphatic heterocycles. The van der Waals surface area contributed by atoms with Gasteiger partial charge in [0.05, 0.1) is 0 Å². The van der Waals surface area contributed by atoms with Crippen molar-refractivity contribution in [2.75, 3.05) is 25.5 Å². The van der Waals surface area contributed by atoms with Gasteiger partial charge < -0.3 is 10.2 Å². The standard InChI is InChI=1S/C13H19FN2O/c1-10-9-11(6-7-12(10)14)16(3)13(17)5-4-8-15-2/h6-7,9,15H,4-5,8H2,1-3H3. The lowest BCUT2D eigenvalue weighted by atomic mass is 10.2. The normalized spacial score (nSPS) is 10.4. The molecule has 0 aliphatic rings. The van der Waals surface area contributed by atoms with Crippen LogP contribution in [0.3, 0.4) is 0 Å². The van der Waals surface area contributed by atoms with Crippen molar-refractivity contribution in [2.45, 2.75) is 19.8 Å². The van der Waals surface area contributed by atoms with E-state index in [4.69, 9.17) is 0 Å². The van der Waals surface area contributed by atoms with Crippen LogP contribution in [-0.4, -0.2) is 26.5 Å². The van der Waals surface area contributed by atoms with E-state index in [1.807, 2.05) is 7.05 Å². The van der Waals surface area contributed by atoms with Gasteiger partial charge in [-0.05, 0) is 50.7 Å². The number of carbonyl (C=O) groups excluding carboxylic acids is 1. The van der Waals surface area contributed by atoms with Gasteiger partial charge in [0.15, 0.2) is 0 Å². The molecule has 0 atom stereocenters. The predicted octanol–water partition coefficient (Wildman–Crippen LogP) is 2.10. The quantitative estimate of drug-likeness (QED) is 0.797. The van der Waals surface area contributed by atoms with Gasteiger partial charge in [-0.15, -0.1) is 0 Å². The SMILES string of the molecule is CNCCCC(=O)N(C)c1ccc(F)c(C)c1. The fourth-order valence-corrected chi connectivity index (χ4v) is 1.57. The Morgan fingerprint density at radius 1 is 1.47 bits per heavy atom. The van der Waals surface area contributed by atoms with Crippen LogP contribution >= 0.6 is 0 Å². The Bertz CT molecular complexity index is 393. The molecule has 94 valence electrons. The van der Waals surface area contributed by atoms with Gasteiger partial charge in [-0.2, -0.15) is 0 Å². The van der Waals surface area contributed by atoms with E-state index in [1.165, 1.54) is 6.07 Å². The number of benzene rings is 1. The minimum absolute atomic E-state index is 0.0475. The van der Waals surface area contributed by atoms with Crippen LogP contribution in [0.2, 0.25) is 0 Å². The topological polar surface area (TPSA) is 32.3 Å². The first-order valence-corrected chi connectivity index (χ1v) is 5.73. The molecule has 1 aromatic carbocycles. The lowest BCUT2D eigenvalue weighted by Crippen LogP contribution is -2.26. The van der Waals surface area contributed by atoms with Crippen molar-refractivity contribution in [1.29, 1.82) is 0 Å². The summed E-state index contributed by atoms with van der Waals surface area (Å²) in [6.45, 7) is 2.51. The third-order valence-corrected chi connectivity index (χ3v) is 2.72. The van der Waals surface area contributed by atoms with E-state index in [0.29, 0.717) is 12.0 Å². The molecule has 1 amide bonds. The second kappa shape index (κ2) is 6.35. The number of nitrogens with zero attached hydrogens (tertiary/aromatic N) is 1. The number of rotatable bonds is 5. The summed E-state index contributed by atoms with van der Waals surface area (Å²) in [4.78, 5) is 13.4. The fourth-order valence-electron chi connectivity index (χ4n) is 1.57. The van der Waals surface area contributed by atoms with Gasteiger partial charge in [-0.3, -0.25) is 4.79 Å². The monoisotopic (exact) mass is 238 g/mol. The molecule has 0 unspecified atom stereocenters. The molecular weight excluding hydrogens is 219 g/mol. The average molecular weight is 238 g/mol. The highest BCUT2D eigenvalue weighted by molar-refractivity contribution is 5.92. The maximum absolute atomic E-state index is 13.1. The fraction of sp³-hybridized carbons (Fsp3) is 0.462. The molecule has 0 saturated carbocycles. The Morgan fingerprint density at radius 3 is 2.76 bits per heavy atom. The van der Waals surface area contributed by atoms with Gasteiger partial charge in [-0.1, -0.05) is 0 Å². The van der Waals surface area contributed by atoms with Crippen LogP contribution in [-0.2, 0) is 4.79 Å². The highest BCUT2D eigenvalue weighted by Gasteiger charge is 2.11. The molecule has 1 N–H and O–H groups in total. The minimum atomic E-state index is -0.246. The van der Waals surface area contributed by atoms with Crippen molar-refractivity contribution in [3.63, 3.8) is 0 Å². The molecule has 0 radical (unpaired) electrons. The summed E-state index contributed by atoms with van der Waals surface area (Å²) in [6, 6.07) is 4.70. The molecular formula is C13H19FN2O. The first kappa shape index (κ1) is 13.6. The van der Waals surface area contributed by atoms with Gasteiger partial charge in [0.25, 0.3) is 0 Å². The van der Waals surface area contributed by atoms with Gasteiger partial charge in [0, 0.05) is 19.2 Å². The molecule has 0 fully saturated rings. The number of halogens is 1. The zero-order valence-corrected chi connectivity index (χ0v) is 10.6. The van der Waals surface area contributed by atoms with Crippen molar-refractivity contribution in [2.24, 2.45) is 0 Å². The Balaban J connectivity index is 2.65. The van der Waals surface area contributed by atoms with Crippen LogP contribution < -0.4 is 10.2 Å². The van der Waals surface area contributed by atoms with Gasteiger partial charge >= 0.3 is 0 Å². The van der Waals surface area contributed by atoms with Crippen molar-refractivity contribution in [3.8, 4) is 0 Å². The highest BCUT2D eigenvalue weighted by atomic mass is 19.1. The number of aryl methyl sites for hydroxylation is 1. The number of hydrogen-bond donors (Lipinski definition) is 1. The zero-order valence-electron chi connectivity index (χ0n) is 10.6. The van der Waals surface area contributed by atoms with Gasteiger partial charge in [0.1, 0.15) is 5.82 Å². The van der Waals surface area contributed by atoms with E-state index in [-0.39, 0.29) is 11.7 Å². The zero-order chi connectivity index (χ0) is 12.8. The summed E-state index contributed by atoms with van der Waals surface area (Å²) in [7, 11) is 3.58. The van der Waals surface area contributed by atoms with Crippen LogP contribution in [0, 0.1) is 12.7 Å². The Hall–Kier alpha value is -1.42. The lowest BCUT2D eigenvalue weighted by Gasteiger charge is -2.18. The summed E-state index contributed by atoms with van der Waals surface area (Å²) in [5.74, 6) is -0.198. The minimum Gasteiger partial charge on any atom is -0.320 e. The van der Waals surface area contributed by atoms with Gasteiger partial charge in [-0.25, -0.2) is 4.39 Å². The molecule has 0 aliphatic carbocycles. The highest BCUT2D eigenvalue weighted by Crippen LogP contribution is 2.18. The second-order valence-electron chi connectivity index (χ2n) is 4.09. The van der Waals surface area contributed by atoms with E-state index in [2.05, 4.69) is 5.32 Å². The van der Waals surface area contributed by atoms with Crippen molar-refractivity contribution in [3.05, 3.63) is 29.6 Å². The van der Waals surface area contributed by atoms with E-state index in [0.717, 1.165) is 18.7 Å². The Morgan fingerprint density at radius 2 is 2.18 bits per heavy atom. The lowest BCUT2D eigenvalue weighted by molar-refractivity contribution is -0.118. The van der Waals surface area contributed by atoms with Crippen molar-refractivity contribution < 1.29 is 9.18 Å². The van der Waals surface area contributed by atoms with Crippen LogP contribution in [0.15, 0.2) is 18.2 Å². The van der Waals surface area contributed by atoms with E-state index < -0.39 is 0 Å². The third-order valence-electron chi connectivity index (χ3n) is 2.72. The maximum Gasteiger partial charge on any atom is 0.226 e. The Kier molecular flexibility index (Phi) is 5.10. The summed E-state index contributed by atoms with van der Waals surface area (Å²) >= 11 is 0.